The smallest absolute Gasteiger partial charge is 0.276 e. The number of nitro benzene ring substituents is 1. The molecule has 1 aromatic heterocycles. The molecule has 1 heterocycles. The number of rotatable bonds is 5. The van der Waals surface area contributed by atoms with E-state index in [4.69, 9.17) is 21.8 Å². The fourth-order valence-corrected chi connectivity index (χ4v) is 2.29. The Hall–Kier alpha value is -1.64. The molecule has 0 radical (unpaired) electrons. The van der Waals surface area contributed by atoms with E-state index in [1.54, 1.807) is 12.1 Å². The van der Waals surface area contributed by atoms with Gasteiger partial charge >= 0.3 is 0 Å². The largest absolute Gasteiger partial charge is 0.415 e. The molecule has 9 heteroatoms. The highest BCUT2D eigenvalue weighted by Crippen LogP contribution is 2.29. The van der Waals surface area contributed by atoms with Crippen LogP contribution < -0.4 is 5.73 Å². The lowest BCUT2D eigenvalue weighted by atomic mass is 10.2. The maximum atomic E-state index is 10.9. The van der Waals surface area contributed by atoms with Crippen LogP contribution in [-0.4, -0.2) is 15.1 Å². The highest BCUT2D eigenvalue weighted by Gasteiger charge is 2.15. The second-order valence-corrected chi connectivity index (χ2v) is 4.85. The lowest BCUT2D eigenvalue weighted by molar-refractivity contribution is -0.385. The number of thioether (sulfide) groups is 1. The molecule has 2 aromatic rings. The maximum absolute atomic E-state index is 10.9. The second-order valence-electron chi connectivity index (χ2n) is 3.48. The summed E-state index contributed by atoms with van der Waals surface area (Å²) in [4.78, 5) is 10.4. The SMILES string of the molecule is NCc1nnc(SCc2ccc(Cl)cc2[N+](=O)[O-])o1. The molecule has 0 spiro atoms. The van der Waals surface area contributed by atoms with E-state index in [9.17, 15) is 10.1 Å². The number of aromatic nitrogens is 2. The van der Waals surface area contributed by atoms with Crippen LogP contribution in [0.15, 0.2) is 27.8 Å². The van der Waals surface area contributed by atoms with Crippen molar-refractivity contribution in [2.75, 3.05) is 0 Å². The average Bonchev–Trinajstić information content (AvgIpc) is 2.85. The van der Waals surface area contributed by atoms with E-state index in [1.165, 1.54) is 17.8 Å². The van der Waals surface area contributed by atoms with Gasteiger partial charge in [0.2, 0.25) is 5.89 Å². The summed E-state index contributed by atoms with van der Waals surface area (Å²) >= 11 is 6.94. The van der Waals surface area contributed by atoms with Crippen molar-refractivity contribution in [2.24, 2.45) is 5.73 Å². The fraction of sp³-hybridized carbons (Fsp3) is 0.200. The molecule has 0 aliphatic carbocycles. The maximum Gasteiger partial charge on any atom is 0.276 e. The van der Waals surface area contributed by atoms with Crippen molar-refractivity contribution in [1.29, 1.82) is 0 Å². The van der Waals surface area contributed by atoms with Crippen LogP contribution >= 0.6 is 23.4 Å². The molecule has 0 unspecified atom stereocenters. The highest BCUT2D eigenvalue weighted by molar-refractivity contribution is 7.98. The Bertz CT molecular complexity index is 604. The lowest BCUT2D eigenvalue weighted by Crippen LogP contribution is -1.95. The van der Waals surface area contributed by atoms with Crippen molar-refractivity contribution in [1.82, 2.24) is 10.2 Å². The molecule has 19 heavy (non-hydrogen) atoms. The molecule has 2 rings (SSSR count). The number of hydrogen-bond donors (Lipinski definition) is 1. The van der Waals surface area contributed by atoms with Crippen molar-refractivity contribution >= 4 is 29.1 Å². The molecule has 0 amide bonds. The van der Waals surface area contributed by atoms with Gasteiger partial charge in [-0.1, -0.05) is 23.4 Å². The number of halogens is 1. The standard InChI is InChI=1S/C10H9ClN4O3S/c11-7-2-1-6(8(3-7)15(16)17)5-19-10-14-13-9(4-12)18-10/h1-3H,4-5,12H2. The average molecular weight is 301 g/mol. The molecule has 2 N–H and O–H groups in total. The summed E-state index contributed by atoms with van der Waals surface area (Å²) in [5, 5.41) is 19.0. The van der Waals surface area contributed by atoms with E-state index in [-0.39, 0.29) is 12.2 Å². The molecule has 0 aliphatic heterocycles. The third-order valence-corrected chi connectivity index (χ3v) is 3.32. The molecule has 0 saturated heterocycles. The minimum atomic E-state index is -0.471. The molecule has 0 fully saturated rings. The summed E-state index contributed by atoms with van der Waals surface area (Å²) in [6.45, 7) is 0.161. The van der Waals surface area contributed by atoms with Crippen molar-refractivity contribution in [3.8, 4) is 0 Å². The van der Waals surface area contributed by atoms with Gasteiger partial charge < -0.3 is 10.2 Å². The first-order valence-corrected chi connectivity index (χ1v) is 6.54. The normalized spacial score (nSPS) is 10.6. The van der Waals surface area contributed by atoms with Gasteiger partial charge in [-0.05, 0) is 12.1 Å². The molecule has 1 aromatic carbocycles. The first-order valence-electron chi connectivity index (χ1n) is 5.18. The van der Waals surface area contributed by atoms with E-state index >= 15 is 0 Å². The highest BCUT2D eigenvalue weighted by atomic mass is 35.5. The number of nitro groups is 1. The Morgan fingerprint density at radius 3 is 2.89 bits per heavy atom. The summed E-state index contributed by atoms with van der Waals surface area (Å²) < 4.78 is 5.20. The van der Waals surface area contributed by atoms with Gasteiger partial charge in [-0.2, -0.15) is 0 Å². The lowest BCUT2D eigenvalue weighted by Gasteiger charge is -2.01. The van der Waals surface area contributed by atoms with E-state index < -0.39 is 4.92 Å². The molecule has 0 saturated carbocycles. The van der Waals surface area contributed by atoms with Gasteiger partial charge in [-0.15, -0.1) is 10.2 Å². The van der Waals surface area contributed by atoms with E-state index in [2.05, 4.69) is 10.2 Å². The predicted molar refractivity (Wildman–Crippen MR) is 69.9 cm³/mol. The predicted octanol–water partition coefficient (Wildman–Crippen LogP) is 2.38. The van der Waals surface area contributed by atoms with Crippen LogP contribution in [0.3, 0.4) is 0 Å². The van der Waals surface area contributed by atoms with Gasteiger partial charge in [0.1, 0.15) is 0 Å². The van der Waals surface area contributed by atoms with E-state index in [1.807, 2.05) is 0 Å². The molecule has 0 aliphatic rings. The van der Waals surface area contributed by atoms with Crippen LogP contribution in [0.2, 0.25) is 5.02 Å². The second kappa shape index (κ2) is 6.00. The molecular formula is C10H9ClN4O3S. The monoisotopic (exact) mass is 300 g/mol. The van der Waals surface area contributed by atoms with Gasteiger partial charge in [0, 0.05) is 22.4 Å². The minimum Gasteiger partial charge on any atom is -0.415 e. The number of benzene rings is 1. The minimum absolute atomic E-state index is 0.0291. The summed E-state index contributed by atoms with van der Waals surface area (Å²) in [5.74, 6) is 0.660. The quantitative estimate of drug-likeness (QED) is 0.513. The Balaban J connectivity index is 2.12. The van der Waals surface area contributed by atoms with E-state index in [0.29, 0.717) is 27.5 Å². The Kier molecular flexibility index (Phi) is 4.35. The molecular weight excluding hydrogens is 292 g/mol. The number of hydrogen-bond acceptors (Lipinski definition) is 7. The van der Waals surface area contributed by atoms with Crippen molar-refractivity contribution in [3.05, 3.63) is 44.8 Å². The summed E-state index contributed by atoms with van der Waals surface area (Å²) in [6, 6.07) is 4.52. The van der Waals surface area contributed by atoms with Gasteiger partial charge in [0.15, 0.2) is 0 Å². The van der Waals surface area contributed by atoms with Gasteiger partial charge in [-0.25, -0.2) is 0 Å². The van der Waals surface area contributed by atoms with Crippen molar-refractivity contribution in [3.63, 3.8) is 0 Å². The third kappa shape index (κ3) is 3.43. The van der Waals surface area contributed by atoms with Crippen LogP contribution in [0.4, 0.5) is 5.69 Å². The topological polar surface area (TPSA) is 108 Å². The number of nitrogens with zero attached hydrogens (tertiary/aromatic N) is 3. The number of nitrogens with two attached hydrogens (primary N) is 1. The summed E-state index contributed by atoms with van der Waals surface area (Å²) in [5.41, 5.74) is 5.85. The fourth-order valence-electron chi connectivity index (χ4n) is 1.35. The third-order valence-electron chi connectivity index (χ3n) is 2.22. The summed E-state index contributed by atoms with van der Waals surface area (Å²) in [6.07, 6.45) is 0. The molecule has 100 valence electrons. The zero-order chi connectivity index (χ0) is 13.8. The van der Waals surface area contributed by atoms with Gasteiger partial charge in [0.25, 0.3) is 10.9 Å². The Morgan fingerprint density at radius 2 is 2.26 bits per heavy atom. The van der Waals surface area contributed by atoms with Crippen LogP contribution in [-0.2, 0) is 12.3 Å². The van der Waals surface area contributed by atoms with Crippen LogP contribution in [0.1, 0.15) is 11.5 Å². The Labute approximate surface area is 117 Å². The molecule has 0 atom stereocenters. The molecule has 7 nitrogen and oxygen atoms in total. The molecule has 0 bridgehead atoms. The zero-order valence-corrected chi connectivity index (χ0v) is 11.1. The first-order chi connectivity index (χ1) is 9.10. The van der Waals surface area contributed by atoms with Gasteiger partial charge in [0.05, 0.1) is 11.5 Å². The summed E-state index contributed by atoms with van der Waals surface area (Å²) in [7, 11) is 0. The first kappa shape index (κ1) is 13.8. The van der Waals surface area contributed by atoms with Gasteiger partial charge in [-0.3, -0.25) is 10.1 Å². The van der Waals surface area contributed by atoms with Crippen LogP contribution in [0.5, 0.6) is 0 Å². The van der Waals surface area contributed by atoms with Crippen LogP contribution in [0, 0.1) is 10.1 Å². The van der Waals surface area contributed by atoms with Crippen molar-refractivity contribution < 1.29 is 9.34 Å². The zero-order valence-electron chi connectivity index (χ0n) is 9.58. The van der Waals surface area contributed by atoms with Crippen molar-refractivity contribution in [2.45, 2.75) is 17.5 Å². The Morgan fingerprint density at radius 1 is 1.47 bits per heavy atom. The van der Waals surface area contributed by atoms with E-state index in [0.717, 1.165) is 0 Å². The van der Waals surface area contributed by atoms with Crippen LogP contribution in [0.25, 0.3) is 0 Å².